The number of hydrogen-bond donors (Lipinski definition) is 3. The highest BCUT2D eigenvalue weighted by atomic mass is 16.5. The van der Waals surface area contributed by atoms with E-state index in [1.807, 2.05) is 0 Å². The molecule has 0 aliphatic carbocycles. The number of esters is 1. The van der Waals surface area contributed by atoms with Crippen LogP contribution < -0.4 is 16.2 Å². The molecular weight excluding hydrogens is 150 g/mol. The number of hydrazine groups is 1. The van der Waals surface area contributed by atoms with E-state index in [9.17, 15) is 9.59 Å². The lowest BCUT2D eigenvalue weighted by molar-refractivity contribution is -0.145. The normalized spacial score (nSPS) is 22.3. The minimum absolute atomic E-state index is 0.298. The van der Waals surface area contributed by atoms with Crippen molar-refractivity contribution in [2.75, 3.05) is 6.61 Å². The Labute approximate surface area is 63.2 Å². The van der Waals surface area contributed by atoms with Crippen LogP contribution in [0.2, 0.25) is 0 Å². The van der Waals surface area contributed by atoms with E-state index >= 15 is 0 Å². The van der Waals surface area contributed by atoms with Gasteiger partial charge in [0.1, 0.15) is 0 Å². The van der Waals surface area contributed by atoms with Gasteiger partial charge in [0.25, 0.3) is 0 Å². The van der Waals surface area contributed by atoms with Crippen LogP contribution in [0.15, 0.2) is 0 Å². The van der Waals surface area contributed by atoms with Crippen LogP contribution in [0.5, 0.6) is 0 Å². The first-order chi connectivity index (χ1) is 5.24. The van der Waals surface area contributed by atoms with Crippen molar-refractivity contribution in [2.45, 2.75) is 13.1 Å². The smallest absolute Gasteiger partial charge is 0.345 e. The van der Waals surface area contributed by atoms with Gasteiger partial charge in [-0.25, -0.2) is 15.0 Å². The van der Waals surface area contributed by atoms with E-state index in [0.29, 0.717) is 6.61 Å². The summed E-state index contributed by atoms with van der Waals surface area (Å²) in [5.41, 5.74) is 4.61. The lowest BCUT2D eigenvalue weighted by atomic mass is 10.5. The van der Waals surface area contributed by atoms with Crippen molar-refractivity contribution in [1.82, 2.24) is 16.2 Å². The number of amides is 2. The Hall–Kier alpha value is -1.30. The van der Waals surface area contributed by atoms with E-state index in [0.717, 1.165) is 0 Å². The summed E-state index contributed by atoms with van der Waals surface area (Å²) in [5, 5.41) is 2.30. The van der Waals surface area contributed by atoms with Crippen LogP contribution in [0.1, 0.15) is 6.92 Å². The number of rotatable bonds is 2. The van der Waals surface area contributed by atoms with Gasteiger partial charge in [-0.1, -0.05) is 0 Å². The van der Waals surface area contributed by atoms with Gasteiger partial charge >= 0.3 is 12.0 Å². The number of carbonyl (C=O) groups excluding carboxylic acids is 2. The molecule has 1 heterocycles. The summed E-state index contributed by atoms with van der Waals surface area (Å²) in [4.78, 5) is 21.3. The molecule has 62 valence electrons. The van der Waals surface area contributed by atoms with E-state index in [-0.39, 0.29) is 0 Å². The number of nitrogens with one attached hydrogen (secondary N) is 3. The minimum Gasteiger partial charge on any atom is -0.463 e. The molecule has 1 fully saturated rings. The molecule has 0 aromatic carbocycles. The molecule has 1 unspecified atom stereocenters. The van der Waals surface area contributed by atoms with Crippen LogP contribution in [0.3, 0.4) is 0 Å². The van der Waals surface area contributed by atoms with Gasteiger partial charge in [0.15, 0.2) is 6.17 Å². The van der Waals surface area contributed by atoms with Gasteiger partial charge in [0.2, 0.25) is 0 Å². The lowest BCUT2D eigenvalue weighted by Crippen LogP contribution is -2.42. The molecule has 6 heteroatoms. The summed E-state index contributed by atoms with van der Waals surface area (Å²) in [6, 6.07) is -0.428. The Morgan fingerprint density at radius 3 is 2.91 bits per heavy atom. The van der Waals surface area contributed by atoms with Crippen molar-refractivity contribution in [3.05, 3.63) is 0 Å². The van der Waals surface area contributed by atoms with Crippen LogP contribution in [0, 0.1) is 0 Å². The minimum atomic E-state index is -0.762. The third-order valence-corrected chi connectivity index (χ3v) is 1.13. The zero-order chi connectivity index (χ0) is 8.27. The standard InChI is InChI=1S/C5H9N3O3/c1-2-11-4(9)3-6-5(10)8-7-3/h3,7H,2H2,1H3,(H2,6,8,10). The van der Waals surface area contributed by atoms with Gasteiger partial charge in [-0.2, -0.15) is 0 Å². The van der Waals surface area contributed by atoms with E-state index in [1.165, 1.54) is 0 Å². The van der Waals surface area contributed by atoms with Gasteiger partial charge in [0, 0.05) is 0 Å². The molecular formula is C5H9N3O3. The molecule has 0 spiro atoms. The number of carbonyl (C=O) groups is 2. The van der Waals surface area contributed by atoms with E-state index in [1.54, 1.807) is 6.92 Å². The van der Waals surface area contributed by atoms with Crippen molar-refractivity contribution < 1.29 is 14.3 Å². The van der Waals surface area contributed by atoms with Crippen molar-refractivity contribution in [1.29, 1.82) is 0 Å². The molecule has 1 aliphatic rings. The maximum absolute atomic E-state index is 10.9. The molecule has 0 bridgehead atoms. The van der Waals surface area contributed by atoms with Crippen LogP contribution in [-0.4, -0.2) is 24.8 Å². The average Bonchev–Trinajstić information content (AvgIpc) is 2.36. The maximum Gasteiger partial charge on any atom is 0.345 e. The molecule has 1 atom stereocenters. The lowest BCUT2D eigenvalue weighted by Gasteiger charge is -2.06. The topological polar surface area (TPSA) is 79.5 Å². The quantitative estimate of drug-likeness (QED) is 0.437. The number of ether oxygens (including phenoxy) is 1. The molecule has 11 heavy (non-hydrogen) atoms. The monoisotopic (exact) mass is 159 g/mol. The second-order valence-electron chi connectivity index (χ2n) is 1.93. The largest absolute Gasteiger partial charge is 0.463 e. The summed E-state index contributed by atoms with van der Waals surface area (Å²) in [5.74, 6) is -0.495. The van der Waals surface area contributed by atoms with E-state index < -0.39 is 18.2 Å². The summed E-state index contributed by atoms with van der Waals surface area (Å²) < 4.78 is 4.62. The third-order valence-electron chi connectivity index (χ3n) is 1.13. The predicted octanol–water partition coefficient (Wildman–Crippen LogP) is -1.31. The van der Waals surface area contributed by atoms with Crippen LogP contribution >= 0.6 is 0 Å². The Balaban J connectivity index is 2.37. The predicted molar refractivity (Wildman–Crippen MR) is 35.2 cm³/mol. The van der Waals surface area contributed by atoms with Gasteiger partial charge < -0.3 is 10.1 Å². The molecule has 0 radical (unpaired) electrons. The first-order valence-corrected chi connectivity index (χ1v) is 3.22. The molecule has 0 saturated carbocycles. The number of hydrogen-bond acceptors (Lipinski definition) is 4. The first kappa shape index (κ1) is 7.80. The third kappa shape index (κ3) is 1.81. The molecule has 6 nitrogen and oxygen atoms in total. The average molecular weight is 159 g/mol. The fourth-order valence-electron chi connectivity index (χ4n) is 0.684. The van der Waals surface area contributed by atoms with Gasteiger partial charge in [-0.3, -0.25) is 5.43 Å². The zero-order valence-electron chi connectivity index (χ0n) is 6.01. The molecule has 3 N–H and O–H groups in total. The van der Waals surface area contributed by atoms with Gasteiger partial charge in [-0.15, -0.1) is 0 Å². The van der Waals surface area contributed by atoms with Crippen LogP contribution in [-0.2, 0) is 9.53 Å². The summed E-state index contributed by atoms with van der Waals surface area (Å²) >= 11 is 0. The summed E-state index contributed by atoms with van der Waals surface area (Å²) in [6.07, 6.45) is -0.762. The second-order valence-corrected chi connectivity index (χ2v) is 1.93. The second kappa shape index (κ2) is 3.20. The highest BCUT2D eigenvalue weighted by Crippen LogP contribution is 1.88. The number of urea groups is 1. The molecule has 2 amide bonds. The van der Waals surface area contributed by atoms with E-state index in [2.05, 4.69) is 20.9 Å². The van der Waals surface area contributed by atoms with Gasteiger partial charge in [-0.05, 0) is 6.92 Å². The fraction of sp³-hybridized carbons (Fsp3) is 0.600. The molecule has 1 aliphatic heterocycles. The van der Waals surface area contributed by atoms with E-state index in [4.69, 9.17) is 0 Å². The summed E-state index contributed by atoms with van der Waals surface area (Å²) in [6.45, 7) is 2.00. The Morgan fingerprint density at radius 2 is 2.45 bits per heavy atom. The first-order valence-electron chi connectivity index (χ1n) is 3.22. The Kier molecular flexibility index (Phi) is 2.27. The van der Waals surface area contributed by atoms with Crippen molar-refractivity contribution in [2.24, 2.45) is 0 Å². The van der Waals surface area contributed by atoms with Crippen molar-refractivity contribution >= 4 is 12.0 Å². The molecule has 0 aromatic heterocycles. The highest BCUT2D eigenvalue weighted by molar-refractivity contribution is 5.85. The summed E-state index contributed by atoms with van der Waals surface area (Å²) in [7, 11) is 0. The van der Waals surface area contributed by atoms with Crippen LogP contribution in [0.25, 0.3) is 0 Å². The van der Waals surface area contributed by atoms with Crippen LogP contribution in [0.4, 0.5) is 4.79 Å². The van der Waals surface area contributed by atoms with Crippen molar-refractivity contribution in [3.63, 3.8) is 0 Å². The molecule has 1 saturated heterocycles. The highest BCUT2D eigenvalue weighted by Gasteiger charge is 2.26. The van der Waals surface area contributed by atoms with Gasteiger partial charge in [0.05, 0.1) is 6.61 Å². The molecule has 0 aromatic rings. The Bertz CT molecular complexity index is 182. The Morgan fingerprint density at radius 1 is 1.73 bits per heavy atom. The fourth-order valence-corrected chi connectivity index (χ4v) is 0.684. The van der Waals surface area contributed by atoms with Crippen molar-refractivity contribution in [3.8, 4) is 0 Å². The molecule has 1 rings (SSSR count). The zero-order valence-corrected chi connectivity index (χ0v) is 6.01. The maximum atomic E-state index is 10.9. The SMILES string of the molecule is CCOC(=O)C1NNC(=O)N1.